The SMILES string of the molecule is O=C(C=Cc1ccco1)Nc1cccc(S(=O)(=O)N2CCCCCC2)c1. The van der Waals surface area contributed by atoms with Crippen LogP contribution in [-0.2, 0) is 14.8 Å². The molecular weight excluding hydrogens is 352 g/mol. The second kappa shape index (κ2) is 8.33. The van der Waals surface area contributed by atoms with Gasteiger partial charge in [-0.05, 0) is 49.2 Å². The number of nitrogens with one attached hydrogen (secondary N) is 1. The summed E-state index contributed by atoms with van der Waals surface area (Å²) in [5, 5.41) is 2.68. The van der Waals surface area contributed by atoms with Crippen molar-refractivity contribution in [3.8, 4) is 0 Å². The number of hydrogen-bond acceptors (Lipinski definition) is 4. The van der Waals surface area contributed by atoms with Crippen LogP contribution in [0.2, 0.25) is 0 Å². The summed E-state index contributed by atoms with van der Waals surface area (Å²) in [6.45, 7) is 1.09. The molecule has 1 saturated heterocycles. The summed E-state index contributed by atoms with van der Waals surface area (Å²) in [5.41, 5.74) is 0.440. The van der Waals surface area contributed by atoms with Crippen LogP contribution in [0.4, 0.5) is 5.69 Å². The van der Waals surface area contributed by atoms with Crippen molar-refractivity contribution >= 4 is 27.7 Å². The van der Waals surface area contributed by atoms with Crippen LogP contribution < -0.4 is 5.32 Å². The lowest BCUT2D eigenvalue weighted by atomic mass is 10.2. The topological polar surface area (TPSA) is 79.6 Å². The Hall–Kier alpha value is -2.38. The van der Waals surface area contributed by atoms with Crippen LogP contribution in [0.3, 0.4) is 0 Å². The molecule has 0 bridgehead atoms. The number of rotatable bonds is 5. The van der Waals surface area contributed by atoms with Crippen molar-refractivity contribution in [2.45, 2.75) is 30.6 Å². The van der Waals surface area contributed by atoms with Gasteiger partial charge in [-0.1, -0.05) is 18.9 Å². The summed E-state index contributed by atoms with van der Waals surface area (Å²) in [7, 11) is -3.54. The maximum absolute atomic E-state index is 12.8. The van der Waals surface area contributed by atoms with E-state index in [2.05, 4.69) is 5.32 Å². The van der Waals surface area contributed by atoms with Crippen molar-refractivity contribution in [2.24, 2.45) is 0 Å². The molecule has 26 heavy (non-hydrogen) atoms. The molecule has 0 spiro atoms. The molecule has 3 rings (SSSR count). The molecule has 1 aliphatic rings. The summed E-state index contributed by atoms with van der Waals surface area (Å²) >= 11 is 0. The monoisotopic (exact) mass is 374 g/mol. The van der Waals surface area contributed by atoms with Gasteiger partial charge in [-0.25, -0.2) is 8.42 Å². The highest BCUT2D eigenvalue weighted by molar-refractivity contribution is 7.89. The van der Waals surface area contributed by atoms with Crippen LogP contribution in [0, 0.1) is 0 Å². The first kappa shape index (κ1) is 18.4. The molecule has 0 aliphatic carbocycles. The first-order valence-electron chi connectivity index (χ1n) is 8.68. The van der Waals surface area contributed by atoms with Gasteiger partial charge in [-0.2, -0.15) is 4.31 Å². The maximum atomic E-state index is 12.8. The van der Waals surface area contributed by atoms with Gasteiger partial charge in [-0.15, -0.1) is 0 Å². The molecule has 138 valence electrons. The van der Waals surface area contributed by atoms with Gasteiger partial charge in [0.25, 0.3) is 0 Å². The molecule has 2 heterocycles. The number of furan rings is 1. The van der Waals surface area contributed by atoms with Gasteiger partial charge >= 0.3 is 0 Å². The van der Waals surface area contributed by atoms with Crippen molar-refractivity contribution in [3.05, 3.63) is 54.5 Å². The van der Waals surface area contributed by atoms with Gasteiger partial charge in [0.15, 0.2) is 0 Å². The fraction of sp³-hybridized carbons (Fsp3) is 0.316. The summed E-state index contributed by atoms with van der Waals surface area (Å²) in [6.07, 6.45) is 8.30. The van der Waals surface area contributed by atoms with E-state index in [4.69, 9.17) is 4.42 Å². The van der Waals surface area contributed by atoms with Gasteiger partial charge in [0.2, 0.25) is 15.9 Å². The summed E-state index contributed by atoms with van der Waals surface area (Å²) < 4.78 is 32.4. The zero-order valence-electron chi connectivity index (χ0n) is 14.4. The third-order valence-corrected chi connectivity index (χ3v) is 6.14. The Labute approximate surface area is 153 Å². The lowest BCUT2D eigenvalue weighted by molar-refractivity contribution is -0.111. The van der Waals surface area contributed by atoms with Crippen LogP contribution in [0.25, 0.3) is 6.08 Å². The Morgan fingerprint density at radius 2 is 1.85 bits per heavy atom. The summed E-state index contributed by atoms with van der Waals surface area (Å²) in [4.78, 5) is 12.2. The minimum absolute atomic E-state index is 0.201. The Morgan fingerprint density at radius 3 is 2.54 bits per heavy atom. The van der Waals surface area contributed by atoms with Crippen molar-refractivity contribution in [1.29, 1.82) is 0 Å². The zero-order valence-corrected chi connectivity index (χ0v) is 15.2. The predicted octanol–water partition coefficient (Wildman–Crippen LogP) is 3.50. The first-order chi connectivity index (χ1) is 12.6. The number of carbonyl (C=O) groups is 1. The number of sulfonamides is 1. The van der Waals surface area contributed by atoms with E-state index in [1.165, 1.54) is 22.7 Å². The molecular formula is C19H22N2O4S. The highest BCUT2D eigenvalue weighted by atomic mass is 32.2. The number of hydrogen-bond donors (Lipinski definition) is 1. The minimum atomic E-state index is -3.54. The smallest absolute Gasteiger partial charge is 0.248 e. The van der Waals surface area contributed by atoms with E-state index in [-0.39, 0.29) is 10.8 Å². The molecule has 0 unspecified atom stereocenters. The van der Waals surface area contributed by atoms with E-state index in [0.29, 0.717) is 24.5 Å². The Balaban J connectivity index is 1.72. The average Bonchev–Trinajstić information content (AvgIpc) is 2.99. The lowest BCUT2D eigenvalue weighted by Crippen LogP contribution is -2.32. The van der Waals surface area contributed by atoms with Crippen molar-refractivity contribution in [2.75, 3.05) is 18.4 Å². The van der Waals surface area contributed by atoms with E-state index in [9.17, 15) is 13.2 Å². The number of nitrogens with zero attached hydrogens (tertiary/aromatic N) is 1. The van der Waals surface area contributed by atoms with Gasteiger partial charge in [0.1, 0.15) is 5.76 Å². The quantitative estimate of drug-likeness (QED) is 0.813. The second-order valence-electron chi connectivity index (χ2n) is 6.18. The van der Waals surface area contributed by atoms with Crippen LogP contribution in [0.5, 0.6) is 0 Å². The van der Waals surface area contributed by atoms with Crippen molar-refractivity contribution < 1.29 is 17.6 Å². The average molecular weight is 374 g/mol. The number of benzene rings is 1. The van der Waals surface area contributed by atoms with Crippen molar-refractivity contribution in [1.82, 2.24) is 4.31 Å². The molecule has 1 aromatic carbocycles. The molecule has 2 aromatic rings. The molecule has 7 heteroatoms. The van der Waals surface area contributed by atoms with E-state index in [1.54, 1.807) is 36.4 Å². The zero-order chi connectivity index (χ0) is 18.4. The second-order valence-corrected chi connectivity index (χ2v) is 8.12. The van der Waals surface area contributed by atoms with E-state index in [0.717, 1.165) is 25.7 Å². The largest absolute Gasteiger partial charge is 0.465 e. The minimum Gasteiger partial charge on any atom is -0.465 e. The predicted molar refractivity (Wildman–Crippen MR) is 100 cm³/mol. The molecule has 0 saturated carbocycles. The summed E-state index contributed by atoms with van der Waals surface area (Å²) in [5.74, 6) is 0.211. The molecule has 1 N–H and O–H groups in total. The fourth-order valence-corrected chi connectivity index (χ4v) is 4.46. The summed E-state index contributed by atoms with van der Waals surface area (Å²) in [6, 6.07) is 9.83. The van der Waals surface area contributed by atoms with Gasteiger partial charge < -0.3 is 9.73 Å². The molecule has 1 aromatic heterocycles. The lowest BCUT2D eigenvalue weighted by Gasteiger charge is -2.20. The Bertz CT molecular complexity index is 865. The molecule has 0 atom stereocenters. The highest BCUT2D eigenvalue weighted by Gasteiger charge is 2.25. The standard InChI is InChI=1S/C19H22N2O4S/c22-19(11-10-17-8-6-14-25-17)20-16-7-5-9-18(15-16)26(23,24)21-12-3-1-2-4-13-21/h5-11,14-15H,1-4,12-13H2,(H,20,22). The third-order valence-electron chi connectivity index (χ3n) is 4.25. The van der Waals surface area contributed by atoms with Crippen LogP contribution in [0.1, 0.15) is 31.4 Å². The van der Waals surface area contributed by atoms with E-state index < -0.39 is 10.0 Å². The molecule has 1 amide bonds. The molecule has 1 fully saturated rings. The highest BCUT2D eigenvalue weighted by Crippen LogP contribution is 2.22. The van der Waals surface area contributed by atoms with Crippen LogP contribution >= 0.6 is 0 Å². The normalized spacial score (nSPS) is 16.5. The number of amides is 1. The van der Waals surface area contributed by atoms with Crippen molar-refractivity contribution in [3.63, 3.8) is 0 Å². The Kier molecular flexibility index (Phi) is 5.90. The van der Waals surface area contributed by atoms with E-state index in [1.807, 2.05) is 0 Å². The third kappa shape index (κ3) is 4.62. The van der Waals surface area contributed by atoms with Crippen LogP contribution in [0.15, 0.2) is 58.1 Å². The molecule has 1 aliphatic heterocycles. The molecule has 0 radical (unpaired) electrons. The van der Waals surface area contributed by atoms with Crippen LogP contribution in [-0.4, -0.2) is 31.7 Å². The number of anilines is 1. The van der Waals surface area contributed by atoms with Gasteiger partial charge in [0.05, 0.1) is 11.2 Å². The number of carbonyl (C=O) groups excluding carboxylic acids is 1. The molecule has 6 nitrogen and oxygen atoms in total. The van der Waals surface area contributed by atoms with E-state index >= 15 is 0 Å². The Morgan fingerprint density at radius 1 is 1.08 bits per heavy atom. The maximum Gasteiger partial charge on any atom is 0.248 e. The fourth-order valence-electron chi connectivity index (χ4n) is 2.89. The first-order valence-corrected chi connectivity index (χ1v) is 10.1. The van der Waals surface area contributed by atoms with Gasteiger partial charge in [-0.3, -0.25) is 4.79 Å². The van der Waals surface area contributed by atoms with Gasteiger partial charge in [0, 0.05) is 24.9 Å².